The summed E-state index contributed by atoms with van der Waals surface area (Å²) in [6.07, 6.45) is 1.60. The van der Waals surface area contributed by atoms with Crippen molar-refractivity contribution in [1.29, 1.82) is 0 Å². The molecule has 4 aromatic rings. The molecule has 0 atom stereocenters. The van der Waals surface area contributed by atoms with E-state index in [4.69, 9.17) is 5.73 Å². The van der Waals surface area contributed by atoms with E-state index in [2.05, 4.69) is 15.0 Å². The first-order chi connectivity index (χ1) is 14.3. The Bertz CT molecular complexity index is 1420. The predicted octanol–water partition coefficient (Wildman–Crippen LogP) is 2.04. The van der Waals surface area contributed by atoms with Crippen LogP contribution in [0, 0.1) is 12.7 Å². The quantitative estimate of drug-likeness (QED) is 0.531. The van der Waals surface area contributed by atoms with Gasteiger partial charge in [-0.2, -0.15) is 8.96 Å². The lowest BCUT2D eigenvalue weighted by Gasteiger charge is -2.12. The van der Waals surface area contributed by atoms with Gasteiger partial charge in [-0.15, -0.1) is 0 Å². The Labute approximate surface area is 170 Å². The van der Waals surface area contributed by atoms with Crippen LogP contribution < -0.4 is 11.4 Å². The van der Waals surface area contributed by atoms with Crippen molar-refractivity contribution < 1.29 is 12.8 Å². The Hall–Kier alpha value is -3.66. The highest BCUT2D eigenvalue weighted by Crippen LogP contribution is 2.21. The third-order valence-electron chi connectivity index (χ3n) is 4.52. The van der Waals surface area contributed by atoms with Gasteiger partial charge in [0.15, 0.2) is 5.65 Å². The van der Waals surface area contributed by atoms with Crippen LogP contribution in [0.5, 0.6) is 0 Å². The lowest BCUT2D eigenvalue weighted by atomic mass is 10.1. The van der Waals surface area contributed by atoms with E-state index in [1.165, 1.54) is 30.5 Å². The number of hydrogen-bond donors (Lipinski definition) is 1. The van der Waals surface area contributed by atoms with Crippen molar-refractivity contribution in [1.82, 2.24) is 18.9 Å². The minimum atomic E-state index is -4.25. The fourth-order valence-electron chi connectivity index (χ4n) is 2.94. The van der Waals surface area contributed by atoms with E-state index < -0.39 is 15.7 Å². The Morgan fingerprint density at radius 2 is 1.70 bits per heavy atom. The van der Waals surface area contributed by atoms with Gasteiger partial charge in [-0.1, -0.05) is 29.8 Å². The van der Waals surface area contributed by atoms with Gasteiger partial charge in [0.2, 0.25) is 0 Å². The maximum absolute atomic E-state index is 13.1. The van der Waals surface area contributed by atoms with Crippen LogP contribution in [0.2, 0.25) is 0 Å². The average Bonchev–Trinajstić information content (AvgIpc) is 2.69. The standard InChI is InChI=1S/C20H16FN5O3S/c1-12-2-8-15(9-3-12)30(28,29)26-18(22)16-11-23-17(24-19(16)25-20(26)27)10-13-4-6-14(21)7-5-13/h2-9,11H,10,22H2,1H3. The first kappa shape index (κ1) is 19.6. The Kier molecular flexibility index (Phi) is 4.78. The van der Waals surface area contributed by atoms with E-state index in [9.17, 15) is 17.6 Å². The second kappa shape index (κ2) is 7.30. The van der Waals surface area contributed by atoms with E-state index in [0.29, 0.717) is 9.80 Å². The molecule has 0 aliphatic rings. The molecule has 0 radical (unpaired) electrons. The molecule has 0 aliphatic carbocycles. The minimum Gasteiger partial charge on any atom is -0.383 e. The highest BCUT2D eigenvalue weighted by molar-refractivity contribution is 7.90. The first-order valence-corrected chi connectivity index (χ1v) is 10.3. The Balaban J connectivity index is 1.79. The molecule has 0 bridgehead atoms. The molecule has 0 fully saturated rings. The minimum absolute atomic E-state index is 0.0139. The molecular formula is C20H16FN5O3S. The third-order valence-corrected chi connectivity index (χ3v) is 6.22. The number of nitrogen functional groups attached to an aromatic ring is 1. The second-order valence-corrected chi connectivity index (χ2v) is 8.48. The maximum Gasteiger partial charge on any atom is 0.365 e. The lowest BCUT2D eigenvalue weighted by molar-refractivity contribution is 0.585. The van der Waals surface area contributed by atoms with Gasteiger partial charge < -0.3 is 5.73 Å². The number of benzene rings is 2. The Morgan fingerprint density at radius 3 is 2.37 bits per heavy atom. The number of hydrogen-bond acceptors (Lipinski definition) is 7. The van der Waals surface area contributed by atoms with Crippen LogP contribution in [0.25, 0.3) is 11.0 Å². The van der Waals surface area contributed by atoms with E-state index in [1.807, 2.05) is 6.92 Å². The number of fused-ring (bicyclic) bond motifs is 1. The third kappa shape index (κ3) is 3.52. The van der Waals surface area contributed by atoms with E-state index >= 15 is 0 Å². The summed E-state index contributed by atoms with van der Waals surface area (Å²) in [4.78, 5) is 24.7. The normalized spacial score (nSPS) is 11.7. The SMILES string of the molecule is Cc1ccc(S(=O)(=O)n2c(N)c3cnc(Cc4ccc(F)cc4)nc3nc2=O)cc1. The van der Waals surface area contributed by atoms with E-state index in [1.54, 1.807) is 24.3 Å². The zero-order valence-corrected chi connectivity index (χ0v) is 16.6. The van der Waals surface area contributed by atoms with E-state index in [0.717, 1.165) is 11.1 Å². The van der Waals surface area contributed by atoms with Gasteiger partial charge in [-0.25, -0.2) is 27.6 Å². The van der Waals surface area contributed by atoms with Crippen LogP contribution in [0.15, 0.2) is 64.4 Å². The average molecular weight is 425 g/mol. The number of nitrogens with two attached hydrogens (primary N) is 1. The summed E-state index contributed by atoms with van der Waals surface area (Å²) < 4.78 is 39.4. The number of nitrogens with zero attached hydrogens (tertiary/aromatic N) is 4. The van der Waals surface area contributed by atoms with Crippen LogP contribution in [-0.4, -0.2) is 27.3 Å². The topological polar surface area (TPSA) is 121 Å². The zero-order valence-electron chi connectivity index (χ0n) is 15.8. The molecule has 2 aromatic carbocycles. The molecule has 2 heterocycles. The van der Waals surface area contributed by atoms with Crippen LogP contribution in [0.4, 0.5) is 10.2 Å². The Morgan fingerprint density at radius 1 is 1.03 bits per heavy atom. The lowest BCUT2D eigenvalue weighted by Crippen LogP contribution is -2.32. The van der Waals surface area contributed by atoms with Gasteiger partial charge in [0.1, 0.15) is 17.5 Å². The molecule has 0 saturated carbocycles. The molecule has 0 unspecified atom stereocenters. The molecule has 0 spiro atoms. The highest BCUT2D eigenvalue weighted by atomic mass is 32.2. The molecule has 0 aliphatic heterocycles. The van der Waals surface area contributed by atoms with Gasteiger partial charge >= 0.3 is 5.69 Å². The second-order valence-electron chi connectivity index (χ2n) is 6.69. The molecule has 0 amide bonds. The largest absolute Gasteiger partial charge is 0.383 e. The van der Waals surface area contributed by atoms with Gasteiger partial charge in [-0.3, -0.25) is 0 Å². The molecule has 10 heteroatoms. The van der Waals surface area contributed by atoms with Crippen molar-refractivity contribution in [2.45, 2.75) is 18.2 Å². The van der Waals surface area contributed by atoms with Crippen LogP contribution in [0.1, 0.15) is 17.0 Å². The van der Waals surface area contributed by atoms with Crippen molar-refractivity contribution in [2.75, 3.05) is 5.73 Å². The van der Waals surface area contributed by atoms with Crippen molar-refractivity contribution in [3.63, 3.8) is 0 Å². The van der Waals surface area contributed by atoms with Crippen molar-refractivity contribution in [2.24, 2.45) is 0 Å². The molecule has 0 saturated heterocycles. The van der Waals surface area contributed by atoms with Gasteiger partial charge in [0.25, 0.3) is 10.0 Å². The number of aryl methyl sites for hydroxylation is 1. The fraction of sp³-hybridized carbons (Fsp3) is 0.100. The molecule has 30 heavy (non-hydrogen) atoms. The predicted molar refractivity (Wildman–Crippen MR) is 109 cm³/mol. The van der Waals surface area contributed by atoms with Crippen LogP contribution in [-0.2, 0) is 16.4 Å². The van der Waals surface area contributed by atoms with Gasteiger partial charge in [-0.05, 0) is 36.8 Å². The van der Waals surface area contributed by atoms with Crippen molar-refractivity contribution in [3.8, 4) is 0 Å². The zero-order chi connectivity index (χ0) is 21.5. The van der Waals surface area contributed by atoms with Crippen molar-refractivity contribution >= 4 is 26.9 Å². The molecule has 2 aromatic heterocycles. The molecular weight excluding hydrogens is 409 g/mol. The number of aromatic nitrogens is 4. The molecule has 152 valence electrons. The summed E-state index contributed by atoms with van der Waals surface area (Å²) in [5.41, 5.74) is 6.57. The first-order valence-electron chi connectivity index (χ1n) is 8.86. The fourth-order valence-corrected chi connectivity index (χ4v) is 4.24. The molecule has 4 rings (SSSR count). The maximum atomic E-state index is 13.1. The summed E-state index contributed by atoms with van der Waals surface area (Å²) in [6, 6.07) is 11.9. The molecule has 2 N–H and O–H groups in total. The monoisotopic (exact) mass is 425 g/mol. The van der Waals surface area contributed by atoms with Crippen molar-refractivity contribution in [3.05, 3.63) is 88.0 Å². The van der Waals surface area contributed by atoms with Crippen LogP contribution in [0.3, 0.4) is 0 Å². The molecule has 8 nitrogen and oxygen atoms in total. The summed E-state index contributed by atoms with van der Waals surface area (Å²) in [6.45, 7) is 1.81. The van der Waals surface area contributed by atoms with Gasteiger partial charge in [0, 0.05) is 12.6 Å². The number of halogens is 1. The number of rotatable bonds is 4. The van der Waals surface area contributed by atoms with E-state index in [-0.39, 0.29) is 34.0 Å². The summed E-state index contributed by atoms with van der Waals surface area (Å²) in [7, 11) is -4.25. The smallest absolute Gasteiger partial charge is 0.365 e. The number of anilines is 1. The summed E-state index contributed by atoms with van der Waals surface area (Å²) in [5.74, 6) is -0.346. The highest BCUT2D eigenvalue weighted by Gasteiger charge is 2.24. The summed E-state index contributed by atoms with van der Waals surface area (Å²) >= 11 is 0. The van der Waals surface area contributed by atoms with Gasteiger partial charge in [0.05, 0.1) is 10.3 Å². The summed E-state index contributed by atoms with van der Waals surface area (Å²) in [5, 5.41) is 0.133. The van der Waals surface area contributed by atoms with Crippen LogP contribution >= 0.6 is 0 Å².